The molecule has 0 amide bonds. The molecule has 11 heteroatoms. The molecule has 1 aromatic heterocycles. The lowest BCUT2D eigenvalue weighted by Crippen LogP contribution is -2.20. The fourth-order valence-electron chi connectivity index (χ4n) is 4.58. The Bertz CT molecular complexity index is 1270. The summed E-state index contributed by atoms with van der Waals surface area (Å²) in [6.45, 7) is 4.37. The minimum atomic E-state index is -4.57. The van der Waals surface area contributed by atoms with E-state index in [1.165, 1.54) is 24.6 Å². The molecule has 0 bridgehead atoms. The average Bonchev–Trinajstić information content (AvgIpc) is 3.34. The van der Waals surface area contributed by atoms with Crippen molar-refractivity contribution in [3.8, 4) is 27.6 Å². The fraction of sp³-hybridized carbons (Fsp3) is 0.385. The molecule has 0 radical (unpaired) electrons. The van der Waals surface area contributed by atoms with Gasteiger partial charge in [0.15, 0.2) is 0 Å². The monoisotopic (exact) mass is 556 g/mol. The fourth-order valence-corrected chi connectivity index (χ4v) is 5.44. The van der Waals surface area contributed by atoms with Crippen LogP contribution >= 0.6 is 24.2 Å². The summed E-state index contributed by atoms with van der Waals surface area (Å²) in [4.78, 5) is 15.6. The van der Waals surface area contributed by atoms with Crippen molar-refractivity contribution in [3.63, 3.8) is 0 Å². The van der Waals surface area contributed by atoms with Crippen LogP contribution in [0.3, 0.4) is 0 Å². The van der Waals surface area contributed by atoms with E-state index in [0.717, 1.165) is 49.2 Å². The Morgan fingerprint density at radius 1 is 1.16 bits per heavy atom. The zero-order valence-corrected chi connectivity index (χ0v) is 22.2. The second-order valence-electron chi connectivity index (χ2n) is 9.62. The van der Waals surface area contributed by atoms with Crippen LogP contribution in [0.2, 0.25) is 0 Å². The molecule has 0 aliphatic heterocycles. The van der Waals surface area contributed by atoms with Crippen molar-refractivity contribution in [2.75, 3.05) is 7.11 Å². The molecule has 1 aliphatic rings. The first kappa shape index (κ1) is 28.9. The molecule has 3 N–H and O–H groups in total. The molecule has 200 valence electrons. The van der Waals surface area contributed by atoms with Crippen molar-refractivity contribution >= 4 is 30.1 Å². The van der Waals surface area contributed by atoms with Crippen LogP contribution in [0.1, 0.15) is 66.9 Å². The summed E-state index contributed by atoms with van der Waals surface area (Å²) in [5.74, 6) is -2.29. The maximum Gasteiger partial charge on any atom is 0.417 e. The SMILES string of the molecule is COc1cc(C(=O)O)c(F)cc1-c1csc(-c2ccc(C3CCC(C)(C)CC3)cc2C(F)(F)F)n1.NS. The number of aromatic carboxylic acids is 1. The number of thiazole rings is 1. The lowest BCUT2D eigenvalue weighted by atomic mass is 9.71. The topological polar surface area (TPSA) is 85.4 Å². The van der Waals surface area contributed by atoms with Gasteiger partial charge in [-0.2, -0.15) is 13.2 Å². The maximum atomic E-state index is 14.3. The lowest BCUT2D eigenvalue weighted by molar-refractivity contribution is -0.137. The number of ether oxygens (including phenoxy) is 1. The number of hydrogen-bond donors (Lipinski definition) is 3. The molecule has 1 aliphatic carbocycles. The van der Waals surface area contributed by atoms with Crippen LogP contribution in [0.5, 0.6) is 5.75 Å². The quantitative estimate of drug-likeness (QED) is 0.220. The Hall–Kier alpha value is -2.63. The highest BCUT2D eigenvalue weighted by atomic mass is 32.1. The number of rotatable bonds is 5. The van der Waals surface area contributed by atoms with Crippen molar-refractivity contribution in [2.24, 2.45) is 10.6 Å². The molecular weight excluding hydrogens is 528 g/mol. The van der Waals surface area contributed by atoms with E-state index in [1.54, 1.807) is 6.07 Å². The summed E-state index contributed by atoms with van der Waals surface area (Å²) < 4.78 is 61.7. The van der Waals surface area contributed by atoms with Crippen LogP contribution in [-0.4, -0.2) is 23.2 Å². The number of nitrogens with two attached hydrogens (primary N) is 1. The number of methoxy groups -OCH3 is 1. The second-order valence-corrected chi connectivity index (χ2v) is 10.5. The number of carboxylic acid groups (broad SMARTS) is 1. The first-order chi connectivity index (χ1) is 17.4. The highest BCUT2D eigenvalue weighted by Crippen LogP contribution is 2.46. The highest BCUT2D eigenvalue weighted by molar-refractivity contribution is 7.77. The molecule has 37 heavy (non-hydrogen) atoms. The first-order valence-electron chi connectivity index (χ1n) is 11.4. The minimum absolute atomic E-state index is 0.0461. The molecule has 4 rings (SSSR count). The molecule has 3 aromatic rings. The summed E-state index contributed by atoms with van der Waals surface area (Å²) in [5.41, 5.74) is -0.111. The predicted octanol–water partition coefficient (Wildman–Crippen LogP) is 7.82. The molecule has 5 nitrogen and oxygen atoms in total. The van der Waals surface area contributed by atoms with Gasteiger partial charge in [0, 0.05) is 16.5 Å². The number of hydrogen-bond acceptors (Lipinski definition) is 6. The van der Waals surface area contributed by atoms with Gasteiger partial charge in [-0.25, -0.2) is 14.2 Å². The number of thiol groups is 1. The third-order valence-electron chi connectivity index (χ3n) is 6.69. The third-order valence-corrected chi connectivity index (χ3v) is 7.57. The molecule has 0 atom stereocenters. The van der Waals surface area contributed by atoms with Gasteiger partial charge in [0.1, 0.15) is 16.6 Å². The van der Waals surface area contributed by atoms with E-state index in [1.807, 2.05) is 0 Å². The van der Waals surface area contributed by atoms with Crippen LogP contribution in [0.15, 0.2) is 35.7 Å². The second kappa shape index (κ2) is 11.4. The van der Waals surface area contributed by atoms with Gasteiger partial charge in [0.2, 0.25) is 0 Å². The minimum Gasteiger partial charge on any atom is -0.496 e. The summed E-state index contributed by atoms with van der Waals surface area (Å²) in [6, 6.07) is 6.45. The van der Waals surface area contributed by atoms with Crippen LogP contribution in [0, 0.1) is 11.2 Å². The van der Waals surface area contributed by atoms with Crippen LogP contribution in [0.4, 0.5) is 17.6 Å². The predicted molar refractivity (Wildman–Crippen MR) is 140 cm³/mol. The highest BCUT2D eigenvalue weighted by Gasteiger charge is 2.36. The van der Waals surface area contributed by atoms with Gasteiger partial charge in [0.05, 0.1) is 23.9 Å². The Morgan fingerprint density at radius 3 is 2.38 bits per heavy atom. The van der Waals surface area contributed by atoms with Gasteiger partial charge in [-0.05, 0) is 60.8 Å². The number of carboxylic acids is 1. The van der Waals surface area contributed by atoms with E-state index in [-0.39, 0.29) is 38.9 Å². The molecule has 1 heterocycles. The van der Waals surface area contributed by atoms with Gasteiger partial charge in [-0.3, -0.25) is 5.14 Å². The molecule has 2 aromatic carbocycles. The van der Waals surface area contributed by atoms with Crippen molar-refractivity contribution in [1.82, 2.24) is 4.98 Å². The van der Waals surface area contributed by atoms with Crippen LogP contribution in [0.25, 0.3) is 21.8 Å². The summed E-state index contributed by atoms with van der Waals surface area (Å²) in [7, 11) is 1.29. The van der Waals surface area contributed by atoms with Crippen LogP contribution < -0.4 is 9.88 Å². The molecule has 0 saturated heterocycles. The molecule has 1 saturated carbocycles. The molecule has 0 spiro atoms. The van der Waals surface area contributed by atoms with E-state index >= 15 is 0 Å². The standard InChI is InChI=1S/C26H25F4NO3S.H3NS/c1-25(2)8-6-14(7-9-25)15-4-5-16(19(10-15)26(28,29)30)23-31-21(13-35-23)18-11-20(27)17(24(32)33)12-22(18)34-3;1-2/h4-5,10-14H,6-9H2,1-3H3,(H,32,33);2H,1H2. The van der Waals surface area contributed by atoms with Crippen molar-refractivity contribution in [3.05, 3.63) is 58.2 Å². The number of carbonyl (C=O) groups is 1. The first-order valence-corrected chi connectivity index (χ1v) is 12.8. The number of alkyl halides is 3. The summed E-state index contributed by atoms with van der Waals surface area (Å²) in [6.07, 6.45) is -0.936. The van der Waals surface area contributed by atoms with E-state index in [9.17, 15) is 22.4 Å². The summed E-state index contributed by atoms with van der Waals surface area (Å²) in [5, 5.41) is 15.0. The summed E-state index contributed by atoms with van der Waals surface area (Å²) >= 11 is 4.03. The third kappa shape index (κ3) is 6.45. The van der Waals surface area contributed by atoms with Gasteiger partial charge in [0.25, 0.3) is 0 Å². The van der Waals surface area contributed by atoms with Crippen molar-refractivity contribution in [1.29, 1.82) is 0 Å². The number of halogens is 4. The van der Waals surface area contributed by atoms with Gasteiger partial charge >= 0.3 is 12.1 Å². The number of benzene rings is 2. The van der Waals surface area contributed by atoms with Gasteiger partial charge in [-0.15, -0.1) is 24.2 Å². The zero-order chi connectivity index (χ0) is 27.5. The average molecular weight is 557 g/mol. The smallest absolute Gasteiger partial charge is 0.417 e. The molecular formula is C26H28F4N2O3S2. The Balaban J connectivity index is 0.00000186. The number of aromatic nitrogens is 1. The maximum absolute atomic E-state index is 14.3. The zero-order valence-electron chi connectivity index (χ0n) is 20.5. The van der Waals surface area contributed by atoms with E-state index in [4.69, 9.17) is 9.84 Å². The van der Waals surface area contributed by atoms with Crippen molar-refractivity contribution in [2.45, 2.75) is 51.6 Å². The molecule has 0 unspecified atom stereocenters. The van der Waals surface area contributed by atoms with E-state index < -0.39 is 29.1 Å². The Labute approximate surface area is 222 Å². The van der Waals surface area contributed by atoms with Gasteiger partial charge < -0.3 is 9.84 Å². The van der Waals surface area contributed by atoms with Crippen LogP contribution in [-0.2, 0) is 6.18 Å². The largest absolute Gasteiger partial charge is 0.496 e. The Kier molecular flexibility index (Phi) is 8.92. The Morgan fingerprint density at radius 2 is 1.81 bits per heavy atom. The number of nitrogens with zero attached hydrogens (tertiary/aromatic N) is 1. The molecule has 1 fully saturated rings. The van der Waals surface area contributed by atoms with E-state index in [2.05, 4.69) is 36.8 Å². The van der Waals surface area contributed by atoms with E-state index in [0.29, 0.717) is 5.56 Å². The lowest BCUT2D eigenvalue weighted by Gasteiger charge is -2.34. The van der Waals surface area contributed by atoms with Gasteiger partial charge in [-0.1, -0.05) is 26.0 Å². The normalized spacial score (nSPS) is 15.6. The van der Waals surface area contributed by atoms with Crippen molar-refractivity contribution < 1.29 is 32.2 Å².